The van der Waals surface area contributed by atoms with Crippen molar-refractivity contribution in [2.75, 3.05) is 39.4 Å². The number of carbonyl (C=O) groups is 2. The number of halogens is 1. The van der Waals surface area contributed by atoms with E-state index in [0.717, 1.165) is 40.8 Å². The molecule has 0 spiro atoms. The molecule has 35 heavy (non-hydrogen) atoms. The van der Waals surface area contributed by atoms with E-state index >= 15 is 0 Å². The molecule has 3 aliphatic rings. The molecule has 0 radical (unpaired) electrons. The van der Waals surface area contributed by atoms with E-state index in [1.165, 1.54) is 4.90 Å². The van der Waals surface area contributed by atoms with E-state index in [2.05, 4.69) is 9.88 Å². The van der Waals surface area contributed by atoms with Gasteiger partial charge >= 0.3 is 6.03 Å². The predicted octanol–water partition coefficient (Wildman–Crippen LogP) is 4.21. The van der Waals surface area contributed by atoms with Gasteiger partial charge in [-0.05, 0) is 35.7 Å². The summed E-state index contributed by atoms with van der Waals surface area (Å²) in [7, 11) is 0. The zero-order valence-corrected chi connectivity index (χ0v) is 20.6. The first kappa shape index (κ1) is 22.6. The highest BCUT2D eigenvalue weighted by Gasteiger charge is 2.61. The van der Waals surface area contributed by atoms with E-state index in [0.29, 0.717) is 44.2 Å². The number of rotatable bonds is 5. The molecule has 1 aromatic heterocycles. The summed E-state index contributed by atoms with van der Waals surface area (Å²) in [5, 5.41) is 1.68. The zero-order chi connectivity index (χ0) is 24.2. The Kier molecular flexibility index (Phi) is 5.59. The van der Waals surface area contributed by atoms with Gasteiger partial charge < -0.3 is 9.72 Å². The first-order chi connectivity index (χ1) is 17.0. The molecule has 182 valence electrons. The summed E-state index contributed by atoms with van der Waals surface area (Å²) in [6, 6.07) is 15.2. The third-order valence-corrected chi connectivity index (χ3v) is 8.12. The van der Waals surface area contributed by atoms with Crippen LogP contribution in [0.3, 0.4) is 0 Å². The molecule has 0 bridgehead atoms. The molecule has 3 aliphatic heterocycles. The average molecular weight is 493 g/mol. The second kappa shape index (κ2) is 8.66. The highest BCUT2D eigenvalue weighted by molar-refractivity contribution is 6.31. The third-order valence-electron chi connectivity index (χ3n) is 7.89. The Labute approximate surface area is 209 Å². The molecule has 7 nitrogen and oxygen atoms in total. The lowest BCUT2D eigenvalue weighted by Gasteiger charge is -2.44. The van der Waals surface area contributed by atoms with Crippen LogP contribution in [0.2, 0.25) is 5.02 Å². The van der Waals surface area contributed by atoms with E-state index in [-0.39, 0.29) is 18.0 Å². The molecule has 2 atom stereocenters. The molecular formula is C27H29ClN4O3. The maximum absolute atomic E-state index is 14.1. The van der Waals surface area contributed by atoms with Gasteiger partial charge in [0.2, 0.25) is 0 Å². The number of hydrogen-bond acceptors (Lipinski definition) is 4. The second-order valence-corrected chi connectivity index (χ2v) is 10.1. The predicted molar refractivity (Wildman–Crippen MR) is 135 cm³/mol. The number of H-pyrrole nitrogens is 1. The number of carbonyl (C=O) groups excluding carboxylic acids is 2. The number of imide groups is 1. The van der Waals surface area contributed by atoms with Crippen LogP contribution in [0.4, 0.5) is 4.79 Å². The Morgan fingerprint density at radius 3 is 2.60 bits per heavy atom. The van der Waals surface area contributed by atoms with Gasteiger partial charge in [-0.25, -0.2) is 4.79 Å². The molecule has 1 N–H and O–H groups in total. The molecule has 2 aromatic carbocycles. The first-order valence-corrected chi connectivity index (χ1v) is 12.7. The molecule has 0 saturated carbocycles. The molecule has 2 saturated heterocycles. The van der Waals surface area contributed by atoms with Crippen LogP contribution in [0.15, 0.2) is 48.5 Å². The van der Waals surface area contributed by atoms with Gasteiger partial charge in [0.1, 0.15) is 11.6 Å². The summed E-state index contributed by atoms with van der Waals surface area (Å²) >= 11 is 6.37. The Hall–Kier alpha value is -2.87. The van der Waals surface area contributed by atoms with E-state index in [1.54, 1.807) is 0 Å². The Morgan fingerprint density at radius 1 is 1.09 bits per heavy atom. The monoisotopic (exact) mass is 492 g/mol. The minimum atomic E-state index is -0.924. The van der Waals surface area contributed by atoms with Crippen molar-refractivity contribution in [2.45, 2.75) is 31.3 Å². The van der Waals surface area contributed by atoms with Crippen LogP contribution in [-0.4, -0.2) is 76.6 Å². The fourth-order valence-corrected chi connectivity index (χ4v) is 6.19. The van der Waals surface area contributed by atoms with Crippen molar-refractivity contribution >= 4 is 34.4 Å². The highest BCUT2D eigenvalue weighted by atomic mass is 35.5. The number of hydrogen-bond donors (Lipinski definition) is 1. The van der Waals surface area contributed by atoms with Crippen LogP contribution in [0.5, 0.6) is 0 Å². The summed E-state index contributed by atoms with van der Waals surface area (Å²) in [4.78, 5) is 37.2. The van der Waals surface area contributed by atoms with Crippen LogP contribution in [-0.2, 0) is 16.0 Å². The van der Waals surface area contributed by atoms with E-state index in [1.807, 2.05) is 60.4 Å². The molecule has 2 unspecified atom stereocenters. The topological polar surface area (TPSA) is 68.9 Å². The van der Waals surface area contributed by atoms with Crippen molar-refractivity contribution in [3.63, 3.8) is 0 Å². The minimum absolute atomic E-state index is 0.0961. The fourth-order valence-electron chi connectivity index (χ4n) is 6.02. The Bertz CT molecular complexity index is 1290. The number of nitrogens with one attached hydrogen (secondary N) is 1. The van der Waals surface area contributed by atoms with Gasteiger partial charge in [-0.15, -0.1) is 0 Å². The van der Waals surface area contributed by atoms with E-state index in [9.17, 15) is 9.59 Å². The number of ether oxygens (including phenoxy) is 1. The maximum Gasteiger partial charge on any atom is 0.328 e. The number of benzene rings is 2. The number of fused-ring (bicyclic) bond motifs is 4. The second-order valence-electron chi connectivity index (χ2n) is 9.65. The molecule has 2 fully saturated rings. The molecule has 4 heterocycles. The lowest BCUT2D eigenvalue weighted by molar-refractivity contribution is -0.134. The number of aromatic nitrogens is 1. The van der Waals surface area contributed by atoms with Crippen LogP contribution < -0.4 is 0 Å². The van der Waals surface area contributed by atoms with E-state index in [4.69, 9.17) is 16.3 Å². The van der Waals surface area contributed by atoms with E-state index < -0.39 is 5.54 Å². The SMILES string of the molecule is CCC12Cc3c([nH]c4ccc(Cl)cc34)C(c3ccccc3)N1C(=O)N(CCN1CCOCC1)C2=O. The summed E-state index contributed by atoms with van der Waals surface area (Å²) in [5.41, 5.74) is 3.07. The van der Waals surface area contributed by atoms with Crippen molar-refractivity contribution in [1.82, 2.24) is 19.7 Å². The fraction of sp³-hybridized carbons (Fsp3) is 0.407. The molecule has 0 aliphatic carbocycles. The van der Waals surface area contributed by atoms with Crippen LogP contribution in [0.1, 0.15) is 36.2 Å². The average Bonchev–Trinajstić information content (AvgIpc) is 3.34. The third kappa shape index (κ3) is 3.48. The normalized spacial score (nSPS) is 24.8. The van der Waals surface area contributed by atoms with Gasteiger partial charge in [-0.2, -0.15) is 0 Å². The quantitative estimate of drug-likeness (QED) is 0.542. The highest BCUT2D eigenvalue weighted by Crippen LogP contribution is 2.50. The number of urea groups is 1. The van der Waals surface area contributed by atoms with Gasteiger partial charge in [0.05, 0.1) is 13.2 Å². The zero-order valence-electron chi connectivity index (χ0n) is 19.8. The Morgan fingerprint density at radius 2 is 1.86 bits per heavy atom. The first-order valence-electron chi connectivity index (χ1n) is 12.3. The van der Waals surface area contributed by atoms with Gasteiger partial charge in [0.15, 0.2) is 0 Å². The number of morpholine rings is 1. The summed E-state index contributed by atoms with van der Waals surface area (Å²) < 4.78 is 5.45. The van der Waals surface area contributed by atoms with Crippen LogP contribution in [0, 0.1) is 0 Å². The summed E-state index contributed by atoms with van der Waals surface area (Å²) in [6.45, 7) is 6.08. The van der Waals surface area contributed by atoms with Gasteiger partial charge in [0.25, 0.3) is 5.91 Å². The molecule has 3 amide bonds. The van der Waals surface area contributed by atoms with Gasteiger partial charge in [-0.1, -0.05) is 48.9 Å². The maximum atomic E-state index is 14.1. The van der Waals surface area contributed by atoms with Crippen molar-refractivity contribution in [3.8, 4) is 0 Å². The van der Waals surface area contributed by atoms with Crippen LogP contribution in [0.25, 0.3) is 10.9 Å². The number of amides is 3. The lowest BCUT2D eigenvalue weighted by Crippen LogP contribution is -2.55. The Balaban J connectivity index is 1.46. The van der Waals surface area contributed by atoms with Gasteiger partial charge in [0, 0.05) is 54.2 Å². The summed E-state index contributed by atoms with van der Waals surface area (Å²) in [6.07, 6.45) is 1.02. The van der Waals surface area contributed by atoms with Crippen molar-refractivity contribution in [2.24, 2.45) is 0 Å². The van der Waals surface area contributed by atoms with Crippen molar-refractivity contribution in [3.05, 3.63) is 70.4 Å². The molecule has 8 heteroatoms. The van der Waals surface area contributed by atoms with Gasteiger partial charge in [-0.3, -0.25) is 19.5 Å². The van der Waals surface area contributed by atoms with Crippen LogP contribution >= 0.6 is 11.6 Å². The smallest absolute Gasteiger partial charge is 0.328 e. The van der Waals surface area contributed by atoms with Crippen molar-refractivity contribution in [1.29, 1.82) is 0 Å². The molecule has 3 aromatic rings. The molecule has 6 rings (SSSR count). The van der Waals surface area contributed by atoms with Crippen molar-refractivity contribution < 1.29 is 14.3 Å². The summed E-state index contributed by atoms with van der Waals surface area (Å²) in [5.74, 6) is -0.0961. The largest absolute Gasteiger partial charge is 0.379 e. The molecular weight excluding hydrogens is 464 g/mol. The lowest BCUT2D eigenvalue weighted by atomic mass is 9.78. The standard InChI is InChI=1S/C27H29ClN4O3/c1-2-27-17-21-20-16-19(28)8-9-22(20)29-23(21)24(18-6-4-3-5-7-18)32(27)26(34)31(25(27)33)11-10-30-12-14-35-15-13-30/h3-9,16,24,29H,2,10-15,17H2,1H3. The minimum Gasteiger partial charge on any atom is -0.379 e. The number of nitrogens with zero attached hydrogens (tertiary/aromatic N) is 3. The number of aromatic amines is 1.